The summed E-state index contributed by atoms with van der Waals surface area (Å²) in [5.74, 6) is -0.548. The number of anilines is 1. The topological polar surface area (TPSA) is 44.1 Å². The Kier molecular flexibility index (Phi) is 2.39. The maximum atomic E-state index is 12.7. The van der Waals surface area contributed by atoms with Crippen molar-refractivity contribution < 1.29 is 9.18 Å². The lowest BCUT2D eigenvalue weighted by atomic mass is 10.1. The van der Waals surface area contributed by atoms with Gasteiger partial charge in [-0.25, -0.2) is 4.39 Å². The van der Waals surface area contributed by atoms with Gasteiger partial charge in [0.25, 0.3) is 0 Å². The smallest absolute Gasteiger partial charge is 0.247 e. The van der Waals surface area contributed by atoms with Crippen molar-refractivity contribution in [2.75, 3.05) is 11.9 Å². The maximum absolute atomic E-state index is 12.7. The largest absolute Gasteiger partial charge is 0.314 e. The van der Waals surface area contributed by atoms with Crippen molar-refractivity contribution in [3.8, 4) is 6.07 Å². The van der Waals surface area contributed by atoms with Crippen molar-refractivity contribution in [1.82, 2.24) is 0 Å². The first kappa shape index (κ1) is 10.6. The van der Waals surface area contributed by atoms with Gasteiger partial charge in [-0.2, -0.15) is 5.26 Å². The zero-order valence-corrected chi connectivity index (χ0v) is 8.90. The van der Waals surface area contributed by atoms with Crippen LogP contribution in [0.15, 0.2) is 24.3 Å². The Morgan fingerprint density at radius 2 is 2.00 bits per heavy atom. The predicted octanol–water partition coefficient (Wildman–Crippen LogP) is 2.09. The molecule has 1 fully saturated rings. The Labute approximate surface area is 93.1 Å². The highest BCUT2D eigenvalue weighted by molar-refractivity contribution is 6.00. The van der Waals surface area contributed by atoms with Crippen molar-refractivity contribution >= 4 is 11.6 Å². The fraction of sp³-hybridized carbons (Fsp3) is 0.333. The summed E-state index contributed by atoms with van der Waals surface area (Å²) >= 11 is 0. The van der Waals surface area contributed by atoms with Gasteiger partial charge in [0.15, 0.2) is 0 Å². The van der Waals surface area contributed by atoms with Gasteiger partial charge >= 0.3 is 0 Å². The third kappa shape index (κ3) is 1.65. The Morgan fingerprint density at radius 1 is 1.44 bits per heavy atom. The fourth-order valence-electron chi connectivity index (χ4n) is 1.60. The van der Waals surface area contributed by atoms with Gasteiger partial charge in [0, 0.05) is 12.7 Å². The fourth-order valence-corrected chi connectivity index (χ4v) is 1.60. The maximum Gasteiger partial charge on any atom is 0.247 e. The molecule has 1 aromatic rings. The lowest BCUT2D eigenvalue weighted by Crippen LogP contribution is -2.33. The van der Waals surface area contributed by atoms with E-state index in [1.165, 1.54) is 29.2 Å². The number of hydrogen-bond acceptors (Lipinski definition) is 2. The lowest BCUT2D eigenvalue weighted by molar-refractivity contribution is -0.121. The van der Waals surface area contributed by atoms with E-state index in [1.54, 1.807) is 7.05 Å². The number of halogens is 1. The standard InChI is InChI=1S/C12H11FN2O/c1-15(10-4-2-9(13)3-5-10)11(16)12(8-14)6-7-12/h2-5H,6-7H2,1H3. The predicted molar refractivity (Wildman–Crippen MR) is 57.1 cm³/mol. The van der Waals surface area contributed by atoms with Gasteiger partial charge < -0.3 is 4.90 Å². The van der Waals surface area contributed by atoms with E-state index in [0.717, 1.165) is 0 Å². The van der Waals surface area contributed by atoms with Gasteiger partial charge in [-0.05, 0) is 37.1 Å². The minimum absolute atomic E-state index is 0.207. The lowest BCUT2D eigenvalue weighted by Gasteiger charge is -2.19. The van der Waals surface area contributed by atoms with Crippen molar-refractivity contribution in [3.63, 3.8) is 0 Å². The molecule has 82 valence electrons. The number of nitriles is 1. The molecule has 1 aromatic carbocycles. The summed E-state index contributed by atoms with van der Waals surface area (Å²) in [5.41, 5.74) is -0.226. The van der Waals surface area contributed by atoms with Crippen molar-refractivity contribution in [2.24, 2.45) is 5.41 Å². The molecule has 2 rings (SSSR count). The summed E-state index contributed by atoms with van der Waals surface area (Å²) in [5, 5.41) is 8.91. The number of carbonyl (C=O) groups is 1. The Hall–Kier alpha value is -1.89. The van der Waals surface area contributed by atoms with E-state index in [4.69, 9.17) is 5.26 Å². The minimum Gasteiger partial charge on any atom is -0.314 e. The molecule has 0 N–H and O–H groups in total. The van der Waals surface area contributed by atoms with Crippen LogP contribution in [0, 0.1) is 22.6 Å². The van der Waals surface area contributed by atoms with Crippen molar-refractivity contribution in [2.45, 2.75) is 12.8 Å². The highest BCUT2D eigenvalue weighted by atomic mass is 19.1. The Bertz CT molecular complexity index is 457. The molecule has 0 heterocycles. The molecule has 0 spiro atoms. The first-order valence-electron chi connectivity index (χ1n) is 5.04. The minimum atomic E-state index is -0.830. The number of rotatable bonds is 2. The van der Waals surface area contributed by atoms with Crippen LogP contribution in [0.1, 0.15) is 12.8 Å². The SMILES string of the molecule is CN(C(=O)C1(C#N)CC1)c1ccc(F)cc1. The average Bonchev–Trinajstić information content (AvgIpc) is 3.09. The van der Waals surface area contributed by atoms with E-state index in [0.29, 0.717) is 18.5 Å². The summed E-state index contributed by atoms with van der Waals surface area (Å²) in [6.45, 7) is 0. The summed E-state index contributed by atoms with van der Waals surface area (Å²) < 4.78 is 12.7. The van der Waals surface area contributed by atoms with Crippen LogP contribution < -0.4 is 4.90 Å². The van der Waals surface area contributed by atoms with Crippen LogP contribution in [0.5, 0.6) is 0 Å². The molecule has 0 atom stereocenters. The Morgan fingerprint density at radius 3 is 2.44 bits per heavy atom. The van der Waals surface area contributed by atoms with Gasteiger partial charge in [-0.1, -0.05) is 0 Å². The molecule has 1 saturated carbocycles. The summed E-state index contributed by atoms with van der Waals surface area (Å²) in [4.78, 5) is 13.4. The van der Waals surface area contributed by atoms with Crippen molar-refractivity contribution in [1.29, 1.82) is 5.26 Å². The van der Waals surface area contributed by atoms with Gasteiger partial charge in [0.1, 0.15) is 11.2 Å². The van der Waals surface area contributed by atoms with Crippen LogP contribution in [-0.4, -0.2) is 13.0 Å². The second-order valence-corrected chi connectivity index (χ2v) is 4.03. The molecular formula is C12H11FN2O. The number of benzene rings is 1. The monoisotopic (exact) mass is 218 g/mol. The summed E-state index contributed by atoms with van der Waals surface area (Å²) in [6.07, 6.45) is 1.24. The zero-order chi connectivity index (χ0) is 11.8. The number of hydrogen-bond donors (Lipinski definition) is 0. The van der Waals surface area contributed by atoms with Crippen LogP contribution in [-0.2, 0) is 4.79 Å². The number of nitrogens with zero attached hydrogens (tertiary/aromatic N) is 2. The summed E-state index contributed by atoms with van der Waals surface area (Å²) in [6, 6.07) is 7.70. The molecule has 0 aliphatic heterocycles. The van der Waals surface area contributed by atoms with E-state index in [2.05, 4.69) is 0 Å². The zero-order valence-electron chi connectivity index (χ0n) is 8.90. The van der Waals surface area contributed by atoms with E-state index in [-0.39, 0.29) is 11.7 Å². The van der Waals surface area contributed by atoms with E-state index in [1.807, 2.05) is 6.07 Å². The number of amides is 1. The summed E-state index contributed by atoms with van der Waals surface area (Å²) in [7, 11) is 1.60. The number of carbonyl (C=O) groups excluding carboxylic acids is 1. The first-order chi connectivity index (χ1) is 7.59. The van der Waals surface area contributed by atoms with Crippen molar-refractivity contribution in [3.05, 3.63) is 30.1 Å². The van der Waals surface area contributed by atoms with Gasteiger partial charge in [-0.15, -0.1) is 0 Å². The second kappa shape index (κ2) is 3.60. The van der Waals surface area contributed by atoms with Crippen LogP contribution in [0.4, 0.5) is 10.1 Å². The third-order valence-electron chi connectivity index (χ3n) is 2.89. The average molecular weight is 218 g/mol. The molecule has 1 amide bonds. The van der Waals surface area contributed by atoms with Gasteiger partial charge in [0.05, 0.1) is 6.07 Å². The molecule has 1 aliphatic carbocycles. The molecule has 4 heteroatoms. The van der Waals surface area contributed by atoms with Gasteiger partial charge in [0.2, 0.25) is 5.91 Å². The molecule has 16 heavy (non-hydrogen) atoms. The van der Waals surface area contributed by atoms with E-state index < -0.39 is 5.41 Å². The van der Waals surface area contributed by atoms with Crippen LogP contribution in [0.3, 0.4) is 0 Å². The Balaban J connectivity index is 2.20. The van der Waals surface area contributed by atoms with Crippen LogP contribution in [0.2, 0.25) is 0 Å². The molecular weight excluding hydrogens is 207 g/mol. The highest BCUT2D eigenvalue weighted by Crippen LogP contribution is 2.46. The second-order valence-electron chi connectivity index (χ2n) is 4.03. The van der Waals surface area contributed by atoms with Gasteiger partial charge in [-0.3, -0.25) is 4.79 Å². The highest BCUT2D eigenvalue weighted by Gasteiger charge is 2.52. The molecule has 1 aliphatic rings. The van der Waals surface area contributed by atoms with E-state index in [9.17, 15) is 9.18 Å². The molecule has 0 bridgehead atoms. The van der Waals surface area contributed by atoms with E-state index >= 15 is 0 Å². The molecule has 0 saturated heterocycles. The molecule has 0 radical (unpaired) electrons. The molecule has 3 nitrogen and oxygen atoms in total. The van der Waals surface area contributed by atoms with Crippen LogP contribution in [0.25, 0.3) is 0 Å². The normalized spacial score (nSPS) is 16.3. The quantitative estimate of drug-likeness (QED) is 0.762. The molecule has 0 unspecified atom stereocenters. The molecule has 0 aromatic heterocycles. The van der Waals surface area contributed by atoms with Crippen LogP contribution >= 0.6 is 0 Å². The first-order valence-corrected chi connectivity index (χ1v) is 5.04. The third-order valence-corrected chi connectivity index (χ3v) is 2.89.